The second kappa shape index (κ2) is 9.37. The maximum atomic E-state index is 13.0. The van der Waals surface area contributed by atoms with Crippen molar-refractivity contribution < 1.29 is 31.8 Å². The van der Waals surface area contributed by atoms with E-state index in [1.807, 2.05) is 0 Å². The van der Waals surface area contributed by atoms with Crippen molar-refractivity contribution in [3.05, 3.63) is 72.0 Å². The molecular weight excluding hydrogens is 451 g/mol. The Morgan fingerprint density at radius 1 is 0.970 bits per heavy atom. The maximum Gasteiger partial charge on any atom is 0.262 e. The van der Waals surface area contributed by atoms with E-state index in [-0.39, 0.29) is 23.1 Å². The highest BCUT2D eigenvalue weighted by Gasteiger charge is 2.17. The van der Waals surface area contributed by atoms with Crippen LogP contribution < -0.4 is 24.2 Å². The molecule has 172 valence electrons. The number of anilines is 2. The molecule has 0 aliphatic carbocycles. The van der Waals surface area contributed by atoms with E-state index in [0.29, 0.717) is 41.7 Å². The summed E-state index contributed by atoms with van der Waals surface area (Å²) in [7, 11) is -3.87. The third-order valence-electron chi connectivity index (χ3n) is 4.74. The van der Waals surface area contributed by atoms with E-state index in [9.17, 15) is 17.6 Å². The van der Waals surface area contributed by atoms with Crippen LogP contribution in [0.25, 0.3) is 0 Å². The van der Waals surface area contributed by atoms with Crippen LogP contribution in [0.4, 0.5) is 15.8 Å². The average Bonchev–Trinajstić information content (AvgIpc) is 2.79. The van der Waals surface area contributed by atoms with Crippen LogP contribution in [0.2, 0.25) is 0 Å². The standard InChI is InChI=1S/C23H21FN2O6S/c1-15-12-19(33(28,29)26-17-4-2-16(24)3-5-17)7-9-20(15)32-14-23(27)25-18-6-8-21-22(13-18)31-11-10-30-21/h2-9,12-13,26H,10-11,14H2,1H3,(H,25,27). The number of amides is 1. The Kier molecular flexibility index (Phi) is 6.36. The highest BCUT2D eigenvalue weighted by molar-refractivity contribution is 7.92. The van der Waals surface area contributed by atoms with E-state index in [2.05, 4.69) is 10.0 Å². The molecule has 3 aromatic rings. The van der Waals surface area contributed by atoms with E-state index < -0.39 is 15.8 Å². The number of halogens is 1. The number of fused-ring (bicyclic) bond motifs is 1. The smallest absolute Gasteiger partial charge is 0.262 e. The average molecular weight is 472 g/mol. The lowest BCUT2D eigenvalue weighted by Crippen LogP contribution is -2.21. The molecule has 0 aromatic heterocycles. The molecule has 0 unspecified atom stereocenters. The van der Waals surface area contributed by atoms with Crippen molar-refractivity contribution in [3.63, 3.8) is 0 Å². The van der Waals surface area contributed by atoms with E-state index in [0.717, 1.165) is 12.1 Å². The minimum absolute atomic E-state index is 0.0115. The van der Waals surface area contributed by atoms with Gasteiger partial charge in [-0.1, -0.05) is 0 Å². The van der Waals surface area contributed by atoms with Crippen LogP contribution >= 0.6 is 0 Å². The fraction of sp³-hybridized carbons (Fsp3) is 0.174. The minimum Gasteiger partial charge on any atom is -0.486 e. The molecule has 33 heavy (non-hydrogen) atoms. The molecule has 1 aliphatic rings. The molecule has 0 spiro atoms. The molecular formula is C23H21FN2O6S. The summed E-state index contributed by atoms with van der Waals surface area (Å²) >= 11 is 0. The fourth-order valence-corrected chi connectivity index (χ4v) is 4.29. The third kappa shape index (κ3) is 5.53. The molecule has 0 bridgehead atoms. The first-order chi connectivity index (χ1) is 15.8. The minimum atomic E-state index is -3.87. The van der Waals surface area contributed by atoms with Gasteiger partial charge in [0.05, 0.1) is 4.90 Å². The summed E-state index contributed by atoms with van der Waals surface area (Å²) in [5.41, 5.74) is 1.31. The summed E-state index contributed by atoms with van der Waals surface area (Å²) < 4.78 is 57.1. The third-order valence-corrected chi connectivity index (χ3v) is 6.12. The molecule has 8 nitrogen and oxygen atoms in total. The van der Waals surface area contributed by atoms with Gasteiger partial charge in [-0.05, 0) is 67.1 Å². The fourth-order valence-electron chi connectivity index (χ4n) is 3.14. The Hall–Kier alpha value is -3.79. The van der Waals surface area contributed by atoms with Gasteiger partial charge >= 0.3 is 0 Å². The summed E-state index contributed by atoms with van der Waals surface area (Å²) in [4.78, 5) is 12.3. The summed E-state index contributed by atoms with van der Waals surface area (Å²) in [6.07, 6.45) is 0. The summed E-state index contributed by atoms with van der Waals surface area (Å²) in [6.45, 7) is 2.33. The van der Waals surface area contributed by atoms with E-state index >= 15 is 0 Å². The van der Waals surface area contributed by atoms with Crippen LogP contribution in [0.3, 0.4) is 0 Å². The number of benzene rings is 3. The summed E-state index contributed by atoms with van der Waals surface area (Å²) in [6, 6.07) is 14.4. The Balaban J connectivity index is 1.37. The zero-order chi connectivity index (χ0) is 23.4. The molecule has 3 aromatic carbocycles. The van der Waals surface area contributed by atoms with Crippen molar-refractivity contribution in [1.82, 2.24) is 0 Å². The number of ether oxygens (including phenoxy) is 3. The number of carbonyl (C=O) groups excluding carboxylic acids is 1. The Morgan fingerprint density at radius 2 is 1.67 bits per heavy atom. The first-order valence-corrected chi connectivity index (χ1v) is 11.5. The molecule has 1 heterocycles. The van der Waals surface area contributed by atoms with Crippen LogP contribution in [-0.4, -0.2) is 34.1 Å². The van der Waals surface area contributed by atoms with Crippen molar-refractivity contribution in [1.29, 1.82) is 0 Å². The second-order valence-corrected chi connectivity index (χ2v) is 8.92. The van der Waals surface area contributed by atoms with Crippen molar-refractivity contribution in [2.24, 2.45) is 0 Å². The molecule has 0 atom stereocenters. The largest absolute Gasteiger partial charge is 0.486 e. The van der Waals surface area contributed by atoms with Gasteiger partial charge in [-0.15, -0.1) is 0 Å². The van der Waals surface area contributed by atoms with Gasteiger partial charge in [-0.25, -0.2) is 12.8 Å². The quantitative estimate of drug-likeness (QED) is 0.543. The lowest BCUT2D eigenvalue weighted by molar-refractivity contribution is -0.118. The number of rotatable bonds is 7. The Labute approximate surface area is 190 Å². The first-order valence-electron chi connectivity index (χ1n) is 10.0. The van der Waals surface area contributed by atoms with Crippen molar-refractivity contribution >= 4 is 27.3 Å². The van der Waals surface area contributed by atoms with Gasteiger partial charge in [-0.3, -0.25) is 9.52 Å². The monoisotopic (exact) mass is 472 g/mol. The van der Waals surface area contributed by atoms with Crippen LogP contribution in [0.5, 0.6) is 17.2 Å². The molecule has 2 N–H and O–H groups in total. The lowest BCUT2D eigenvalue weighted by atomic mass is 10.2. The lowest BCUT2D eigenvalue weighted by Gasteiger charge is -2.19. The zero-order valence-corrected chi connectivity index (χ0v) is 18.4. The summed E-state index contributed by atoms with van der Waals surface area (Å²) in [5, 5.41) is 2.72. The van der Waals surface area contributed by atoms with Gasteiger partial charge < -0.3 is 19.5 Å². The van der Waals surface area contributed by atoms with Gasteiger partial charge in [0.25, 0.3) is 15.9 Å². The Morgan fingerprint density at radius 3 is 2.39 bits per heavy atom. The zero-order valence-electron chi connectivity index (χ0n) is 17.6. The predicted octanol–water partition coefficient (Wildman–Crippen LogP) is 3.72. The van der Waals surface area contributed by atoms with Gasteiger partial charge in [0.15, 0.2) is 18.1 Å². The number of sulfonamides is 1. The molecule has 0 saturated carbocycles. The normalized spacial score (nSPS) is 12.7. The number of aryl methyl sites for hydroxylation is 1. The van der Waals surface area contributed by atoms with Crippen molar-refractivity contribution in [3.8, 4) is 17.2 Å². The molecule has 1 amide bonds. The van der Waals surface area contributed by atoms with Gasteiger partial charge in [0, 0.05) is 17.4 Å². The van der Waals surface area contributed by atoms with Crippen LogP contribution in [0, 0.1) is 12.7 Å². The van der Waals surface area contributed by atoms with E-state index in [4.69, 9.17) is 14.2 Å². The number of nitrogens with one attached hydrogen (secondary N) is 2. The summed E-state index contributed by atoms with van der Waals surface area (Å²) in [5.74, 6) is 0.694. The number of hydrogen-bond donors (Lipinski definition) is 2. The van der Waals surface area contributed by atoms with E-state index in [1.165, 1.54) is 30.3 Å². The topological polar surface area (TPSA) is 103 Å². The SMILES string of the molecule is Cc1cc(S(=O)(=O)Nc2ccc(F)cc2)ccc1OCC(=O)Nc1ccc2c(c1)OCCO2. The highest BCUT2D eigenvalue weighted by atomic mass is 32.2. The predicted molar refractivity (Wildman–Crippen MR) is 120 cm³/mol. The maximum absolute atomic E-state index is 13.0. The first kappa shape index (κ1) is 22.4. The second-order valence-electron chi connectivity index (χ2n) is 7.23. The van der Waals surface area contributed by atoms with Crippen LogP contribution in [0.1, 0.15) is 5.56 Å². The number of hydrogen-bond acceptors (Lipinski definition) is 6. The molecule has 10 heteroatoms. The van der Waals surface area contributed by atoms with Crippen LogP contribution in [0.15, 0.2) is 65.6 Å². The van der Waals surface area contributed by atoms with Gasteiger partial charge in [-0.2, -0.15) is 0 Å². The molecule has 0 saturated heterocycles. The van der Waals surface area contributed by atoms with Crippen molar-refractivity contribution in [2.45, 2.75) is 11.8 Å². The molecule has 0 radical (unpaired) electrons. The van der Waals surface area contributed by atoms with Gasteiger partial charge in [0.2, 0.25) is 0 Å². The molecule has 1 aliphatic heterocycles. The molecule has 4 rings (SSSR count). The van der Waals surface area contributed by atoms with Gasteiger partial charge in [0.1, 0.15) is 24.8 Å². The Bertz CT molecular complexity index is 1280. The van der Waals surface area contributed by atoms with Crippen molar-refractivity contribution in [2.75, 3.05) is 29.9 Å². The van der Waals surface area contributed by atoms with Crippen LogP contribution in [-0.2, 0) is 14.8 Å². The number of carbonyl (C=O) groups is 1. The highest BCUT2D eigenvalue weighted by Crippen LogP contribution is 2.32. The van der Waals surface area contributed by atoms with E-state index in [1.54, 1.807) is 25.1 Å². The molecule has 0 fully saturated rings.